The van der Waals surface area contributed by atoms with Gasteiger partial charge in [0.25, 0.3) is 0 Å². The van der Waals surface area contributed by atoms with Crippen molar-refractivity contribution in [1.82, 2.24) is 29.7 Å². The van der Waals surface area contributed by atoms with Crippen LogP contribution in [-0.4, -0.2) is 61.8 Å². The van der Waals surface area contributed by atoms with Gasteiger partial charge in [-0.2, -0.15) is 4.52 Å². The van der Waals surface area contributed by atoms with E-state index in [-0.39, 0.29) is 5.91 Å². The van der Waals surface area contributed by atoms with Crippen LogP contribution in [0.1, 0.15) is 12.0 Å². The summed E-state index contributed by atoms with van der Waals surface area (Å²) in [7, 11) is 0. The molecule has 8 nitrogen and oxygen atoms in total. The highest BCUT2D eigenvalue weighted by Gasteiger charge is 2.21. The molecule has 31 heavy (non-hydrogen) atoms. The van der Waals surface area contributed by atoms with Crippen molar-refractivity contribution in [3.05, 3.63) is 72.6 Å². The third kappa shape index (κ3) is 4.09. The molecule has 0 N–H and O–H groups in total. The summed E-state index contributed by atoms with van der Waals surface area (Å²) in [4.78, 5) is 21.0. The van der Waals surface area contributed by atoms with E-state index in [0.29, 0.717) is 24.4 Å². The summed E-state index contributed by atoms with van der Waals surface area (Å²) >= 11 is 0. The molecule has 1 amide bonds. The summed E-state index contributed by atoms with van der Waals surface area (Å²) in [5.74, 6) is 1.73. The van der Waals surface area contributed by atoms with Crippen LogP contribution in [-0.2, 0) is 11.2 Å². The Morgan fingerprint density at radius 3 is 2.55 bits per heavy atom. The van der Waals surface area contributed by atoms with Crippen LogP contribution >= 0.6 is 0 Å². The number of hydrogen-bond acceptors (Lipinski definition) is 6. The van der Waals surface area contributed by atoms with Crippen molar-refractivity contribution in [2.75, 3.05) is 31.1 Å². The van der Waals surface area contributed by atoms with Gasteiger partial charge in [0.05, 0.1) is 6.42 Å². The van der Waals surface area contributed by atoms with Crippen molar-refractivity contribution < 1.29 is 4.79 Å². The Morgan fingerprint density at radius 1 is 0.871 bits per heavy atom. The molecular formula is C23H23N7O. The summed E-state index contributed by atoms with van der Waals surface area (Å²) in [5, 5.41) is 13.3. The lowest BCUT2D eigenvalue weighted by Gasteiger charge is -2.23. The molecule has 1 aromatic carbocycles. The van der Waals surface area contributed by atoms with E-state index < -0.39 is 0 Å². The minimum atomic E-state index is 0.176. The zero-order valence-corrected chi connectivity index (χ0v) is 17.1. The third-order valence-electron chi connectivity index (χ3n) is 5.56. The SMILES string of the molecule is O=C(Cc1ccccc1)N1CCCN(c2ccc3nnc(-c4ccncc4)n3n2)CC1. The predicted molar refractivity (Wildman–Crippen MR) is 118 cm³/mol. The Kier molecular flexibility index (Phi) is 5.26. The topological polar surface area (TPSA) is 79.5 Å². The van der Waals surface area contributed by atoms with Gasteiger partial charge in [0.15, 0.2) is 11.5 Å². The van der Waals surface area contributed by atoms with Crippen molar-refractivity contribution in [2.45, 2.75) is 12.8 Å². The van der Waals surface area contributed by atoms with Gasteiger partial charge in [0, 0.05) is 44.1 Å². The highest BCUT2D eigenvalue weighted by Crippen LogP contribution is 2.20. The number of carbonyl (C=O) groups excluding carboxylic acids is 1. The van der Waals surface area contributed by atoms with Crippen molar-refractivity contribution in [1.29, 1.82) is 0 Å². The molecule has 8 heteroatoms. The molecule has 4 heterocycles. The van der Waals surface area contributed by atoms with Crippen LogP contribution in [0.15, 0.2) is 67.0 Å². The second-order valence-electron chi connectivity index (χ2n) is 7.60. The van der Waals surface area contributed by atoms with Gasteiger partial charge in [0.2, 0.25) is 5.91 Å². The Morgan fingerprint density at radius 2 is 1.71 bits per heavy atom. The van der Waals surface area contributed by atoms with E-state index in [4.69, 9.17) is 5.10 Å². The fourth-order valence-electron chi connectivity index (χ4n) is 3.91. The number of aromatic nitrogens is 5. The molecular weight excluding hydrogens is 390 g/mol. The fraction of sp³-hybridized carbons (Fsp3) is 0.261. The lowest BCUT2D eigenvalue weighted by Crippen LogP contribution is -2.36. The molecule has 4 aromatic rings. The molecule has 0 radical (unpaired) electrons. The van der Waals surface area contributed by atoms with Gasteiger partial charge in [-0.25, -0.2) is 0 Å². The molecule has 156 valence electrons. The Balaban J connectivity index is 1.32. The Hall–Kier alpha value is -3.81. The first kappa shape index (κ1) is 19.2. The molecule has 0 saturated carbocycles. The van der Waals surface area contributed by atoms with Crippen LogP contribution in [0.2, 0.25) is 0 Å². The Labute approximate surface area is 180 Å². The maximum absolute atomic E-state index is 12.8. The molecule has 0 aliphatic carbocycles. The first-order valence-corrected chi connectivity index (χ1v) is 10.5. The van der Waals surface area contributed by atoms with Crippen LogP contribution in [0.25, 0.3) is 17.0 Å². The first-order valence-electron chi connectivity index (χ1n) is 10.5. The first-order chi connectivity index (χ1) is 15.3. The number of carbonyl (C=O) groups is 1. The lowest BCUT2D eigenvalue weighted by molar-refractivity contribution is -0.130. The minimum absolute atomic E-state index is 0.176. The summed E-state index contributed by atoms with van der Waals surface area (Å²) in [6, 6.07) is 17.6. The molecule has 3 aromatic heterocycles. The molecule has 0 bridgehead atoms. The molecule has 0 unspecified atom stereocenters. The zero-order chi connectivity index (χ0) is 21.0. The summed E-state index contributed by atoms with van der Waals surface area (Å²) < 4.78 is 1.77. The van der Waals surface area contributed by atoms with Gasteiger partial charge in [-0.05, 0) is 36.2 Å². The number of hydrogen-bond donors (Lipinski definition) is 0. The van der Waals surface area contributed by atoms with Gasteiger partial charge in [-0.1, -0.05) is 30.3 Å². The molecule has 5 rings (SSSR count). The Bertz CT molecular complexity index is 1180. The number of fused-ring (bicyclic) bond motifs is 1. The smallest absolute Gasteiger partial charge is 0.227 e. The number of amides is 1. The molecule has 0 atom stereocenters. The second-order valence-corrected chi connectivity index (χ2v) is 7.60. The summed E-state index contributed by atoms with van der Waals surface area (Å²) in [6.45, 7) is 3.04. The number of benzene rings is 1. The normalized spacial score (nSPS) is 14.6. The third-order valence-corrected chi connectivity index (χ3v) is 5.56. The minimum Gasteiger partial charge on any atom is -0.353 e. The average Bonchev–Trinajstić information content (AvgIpc) is 3.08. The highest BCUT2D eigenvalue weighted by molar-refractivity contribution is 5.78. The molecule has 1 aliphatic rings. The van der Waals surface area contributed by atoms with E-state index in [1.54, 1.807) is 16.9 Å². The summed E-state index contributed by atoms with van der Waals surface area (Å²) in [5.41, 5.74) is 2.67. The van der Waals surface area contributed by atoms with E-state index in [1.165, 1.54) is 0 Å². The molecule has 1 aliphatic heterocycles. The summed E-state index contributed by atoms with van der Waals surface area (Å²) in [6.07, 6.45) is 4.81. The van der Waals surface area contributed by atoms with Gasteiger partial charge in [0.1, 0.15) is 5.82 Å². The van der Waals surface area contributed by atoms with Crippen LogP contribution < -0.4 is 4.90 Å². The highest BCUT2D eigenvalue weighted by atomic mass is 16.2. The quantitative estimate of drug-likeness (QED) is 0.511. The van der Waals surface area contributed by atoms with Crippen molar-refractivity contribution in [3.63, 3.8) is 0 Å². The van der Waals surface area contributed by atoms with Crippen molar-refractivity contribution >= 4 is 17.4 Å². The van der Waals surface area contributed by atoms with E-state index in [2.05, 4.69) is 20.1 Å². The molecule has 0 spiro atoms. The molecule has 1 saturated heterocycles. The lowest BCUT2D eigenvalue weighted by atomic mass is 10.1. The van der Waals surface area contributed by atoms with E-state index in [9.17, 15) is 4.79 Å². The van der Waals surface area contributed by atoms with E-state index in [0.717, 1.165) is 43.0 Å². The molecule has 1 fully saturated rings. The number of anilines is 1. The largest absolute Gasteiger partial charge is 0.353 e. The van der Waals surface area contributed by atoms with Gasteiger partial charge in [-0.15, -0.1) is 15.3 Å². The maximum Gasteiger partial charge on any atom is 0.227 e. The van der Waals surface area contributed by atoms with Gasteiger partial charge >= 0.3 is 0 Å². The van der Waals surface area contributed by atoms with E-state index >= 15 is 0 Å². The van der Waals surface area contributed by atoms with Crippen LogP contribution in [0, 0.1) is 0 Å². The number of nitrogens with zero attached hydrogens (tertiary/aromatic N) is 7. The monoisotopic (exact) mass is 413 g/mol. The van der Waals surface area contributed by atoms with Crippen molar-refractivity contribution in [2.24, 2.45) is 0 Å². The van der Waals surface area contributed by atoms with E-state index in [1.807, 2.05) is 59.5 Å². The predicted octanol–water partition coefficient (Wildman–Crippen LogP) is 2.47. The van der Waals surface area contributed by atoms with Gasteiger partial charge in [-0.3, -0.25) is 9.78 Å². The average molecular weight is 413 g/mol. The zero-order valence-electron chi connectivity index (χ0n) is 17.1. The maximum atomic E-state index is 12.8. The van der Waals surface area contributed by atoms with Crippen molar-refractivity contribution in [3.8, 4) is 11.4 Å². The second kappa shape index (κ2) is 8.51. The van der Waals surface area contributed by atoms with Crippen LogP contribution in [0.3, 0.4) is 0 Å². The van der Waals surface area contributed by atoms with Gasteiger partial charge < -0.3 is 9.80 Å². The van der Waals surface area contributed by atoms with Crippen LogP contribution in [0.5, 0.6) is 0 Å². The number of rotatable bonds is 4. The standard InChI is InChI=1S/C23H23N7O/c31-22(17-18-5-2-1-3-6-18)29-14-4-13-28(15-16-29)21-8-7-20-25-26-23(30(20)27-21)19-9-11-24-12-10-19/h1-3,5-12H,4,13-17H2. The number of pyridine rings is 1. The van der Waals surface area contributed by atoms with Crippen LogP contribution in [0.4, 0.5) is 5.82 Å². The fourth-order valence-corrected chi connectivity index (χ4v) is 3.91.